The summed E-state index contributed by atoms with van der Waals surface area (Å²) in [6.07, 6.45) is 13.7. The second kappa shape index (κ2) is 6.04. The van der Waals surface area contributed by atoms with E-state index in [2.05, 4.69) is 45.1 Å². The molecule has 0 amide bonds. The quantitative estimate of drug-likeness (QED) is 0.655. The van der Waals surface area contributed by atoms with Gasteiger partial charge < -0.3 is 5.11 Å². The zero-order valence-corrected chi connectivity index (χ0v) is 17.0. The van der Waals surface area contributed by atoms with Crippen LogP contribution in [0.25, 0.3) is 5.57 Å². The maximum atomic E-state index is 10.2. The molecule has 2 saturated carbocycles. The summed E-state index contributed by atoms with van der Waals surface area (Å²) in [5.74, 6) is 2.87. The SMILES string of the molecule is C[C@@H]1C=C2C[C@@H](O)CC[C@]2(C)[C@H]2CC[C@]3(C)C(c4ccccn4)=CC[C@H]3[C@H]12. The number of rotatable bonds is 1. The van der Waals surface area contributed by atoms with Crippen LogP contribution in [0.15, 0.2) is 42.1 Å². The first-order valence-electron chi connectivity index (χ1n) is 10.9. The van der Waals surface area contributed by atoms with Crippen molar-refractivity contribution >= 4 is 5.57 Å². The van der Waals surface area contributed by atoms with Gasteiger partial charge in [-0.25, -0.2) is 0 Å². The highest BCUT2D eigenvalue weighted by atomic mass is 16.3. The Balaban J connectivity index is 1.52. The van der Waals surface area contributed by atoms with Gasteiger partial charge in [0.2, 0.25) is 0 Å². The van der Waals surface area contributed by atoms with Crippen molar-refractivity contribution < 1.29 is 5.11 Å². The molecule has 5 rings (SSSR count). The molecule has 0 spiro atoms. The van der Waals surface area contributed by atoms with E-state index in [1.54, 1.807) is 5.57 Å². The predicted octanol–water partition coefficient (Wildman–Crippen LogP) is 5.64. The van der Waals surface area contributed by atoms with E-state index in [1.807, 2.05) is 12.3 Å². The van der Waals surface area contributed by atoms with E-state index in [0.717, 1.165) is 37.0 Å². The Labute approximate surface area is 163 Å². The third-order valence-electron chi connectivity index (χ3n) is 8.93. The lowest BCUT2D eigenvalue weighted by molar-refractivity contribution is -0.0426. The lowest BCUT2D eigenvalue weighted by atomic mass is 9.45. The van der Waals surface area contributed by atoms with Crippen molar-refractivity contribution in [1.29, 1.82) is 0 Å². The molecular formula is C25H33NO. The van der Waals surface area contributed by atoms with Crippen LogP contribution in [0.2, 0.25) is 0 Å². The van der Waals surface area contributed by atoms with Crippen molar-refractivity contribution in [3.63, 3.8) is 0 Å². The number of nitrogens with zero attached hydrogens (tertiary/aromatic N) is 1. The van der Waals surface area contributed by atoms with E-state index in [1.165, 1.54) is 30.5 Å². The van der Waals surface area contributed by atoms with Gasteiger partial charge in [-0.3, -0.25) is 4.98 Å². The van der Waals surface area contributed by atoms with Crippen LogP contribution >= 0.6 is 0 Å². The van der Waals surface area contributed by atoms with Gasteiger partial charge in [-0.15, -0.1) is 0 Å². The minimum atomic E-state index is -0.120. The number of fused-ring (bicyclic) bond motifs is 5. The summed E-state index contributed by atoms with van der Waals surface area (Å²) in [5, 5.41) is 10.2. The van der Waals surface area contributed by atoms with E-state index < -0.39 is 0 Å². The molecule has 0 aliphatic heterocycles. The van der Waals surface area contributed by atoms with Gasteiger partial charge in [-0.1, -0.05) is 44.6 Å². The summed E-state index contributed by atoms with van der Waals surface area (Å²) >= 11 is 0. The van der Waals surface area contributed by atoms with Crippen LogP contribution in [0.4, 0.5) is 0 Å². The lowest BCUT2D eigenvalue weighted by Gasteiger charge is -2.59. The molecule has 1 N–H and O–H groups in total. The summed E-state index contributed by atoms with van der Waals surface area (Å²) in [6.45, 7) is 7.47. The number of aliphatic hydroxyl groups excluding tert-OH is 1. The Morgan fingerprint density at radius 3 is 2.67 bits per heavy atom. The molecule has 2 heteroatoms. The zero-order valence-electron chi connectivity index (χ0n) is 17.0. The largest absolute Gasteiger partial charge is 0.393 e. The molecule has 1 heterocycles. The molecule has 4 aliphatic carbocycles. The van der Waals surface area contributed by atoms with Crippen molar-refractivity contribution in [3.8, 4) is 0 Å². The molecule has 27 heavy (non-hydrogen) atoms. The monoisotopic (exact) mass is 363 g/mol. The first-order chi connectivity index (χ1) is 12.9. The molecule has 2 fully saturated rings. The minimum absolute atomic E-state index is 0.120. The fourth-order valence-corrected chi connectivity index (χ4v) is 7.49. The molecule has 0 saturated heterocycles. The molecule has 1 aromatic heterocycles. The molecular weight excluding hydrogens is 330 g/mol. The molecule has 0 bridgehead atoms. The number of hydrogen-bond acceptors (Lipinski definition) is 2. The van der Waals surface area contributed by atoms with Gasteiger partial charge >= 0.3 is 0 Å². The lowest BCUT2D eigenvalue weighted by Crippen LogP contribution is -2.52. The van der Waals surface area contributed by atoms with E-state index in [4.69, 9.17) is 4.98 Å². The molecule has 4 aliphatic rings. The van der Waals surface area contributed by atoms with Crippen LogP contribution in [-0.4, -0.2) is 16.2 Å². The second-order valence-corrected chi connectivity index (χ2v) is 10.2. The van der Waals surface area contributed by atoms with Crippen molar-refractivity contribution in [2.75, 3.05) is 0 Å². The maximum Gasteiger partial charge on any atom is 0.0664 e. The van der Waals surface area contributed by atoms with Crippen LogP contribution < -0.4 is 0 Å². The first-order valence-corrected chi connectivity index (χ1v) is 10.9. The highest BCUT2D eigenvalue weighted by Crippen LogP contribution is 2.67. The third-order valence-corrected chi connectivity index (χ3v) is 8.93. The summed E-state index contributed by atoms with van der Waals surface area (Å²) < 4.78 is 0. The van der Waals surface area contributed by atoms with E-state index in [9.17, 15) is 5.11 Å². The van der Waals surface area contributed by atoms with E-state index >= 15 is 0 Å². The minimum Gasteiger partial charge on any atom is -0.393 e. The fraction of sp³-hybridized carbons (Fsp3) is 0.640. The topological polar surface area (TPSA) is 33.1 Å². The summed E-state index contributed by atoms with van der Waals surface area (Å²) in [5.41, 5.74) is 4.82. The standard InChI is InChI=1S/C25H33NO/c1-16-14-17-15-18(27)9-11-24(17,2)21-10-12-25(3)19(7-8-20(25)23(16)21)22-6-4-5-13-26-22/h4-7,13-14,16,18,20-21,23,27H,8-12,15H2,1-3H3/t16-,18+,20+,21+,23+,24+,25-/m1/s1. The van der Waals surface area contributed by atoms with Gasteiger partial charge in [0, 0.05) is 6.20 Å². The number of aliphatic hydroxyl groups is 1. The van der Waals surface area contributed by atoms with E-state index in [0.29, 0.717) is 11.3 Å². The average Bonchev–Trinajstić information content (AvgIpc) is 3.01. The Morgan fingerprint density at radius 1 is 1.07 bits per heavy atom. The summed E-state index contributed by atoms with van der Waals surface area (Å²) in [4.78, 5) is 4.70. The Morgan fingerprint density at radius 2 is 1.89 bits per heavy atom. The van der Waals surface area contributed by atoms with Gasteiger partial charge in [-0.2, -0.15) is 0 Å². The number of hydrogen-bond donors (Lipinski definition) is 1. The van der Waals surface area contributed by atoms with Gasteiger partial charge in [-0.05, 0) is 90.7 Å². The molecule has 1 aromatic rings. The van der Waals surface area contributed by atoms with Crippen molar-refractivity contribution in [1.82, 2.24) is 4.98 Å². The maximum absolute atomic E-state index is 10.2. The van der Waals surface area contributed by atoms with Crippen LogP contribution in [-0.2, 0) is 0 Å². The molecule has 0 radical (unpaired) electrons. The number of allylic oxidation sites excluding steroid dienone is 3. The van der Waals surface area contributed by atoms with Crippen LogP contribution in [0.3, 0.4) is 0 Å². The summed E-state index contributed by atoms with van der Waals surface area (Å²) in [6, 6.07) is 6.33. The van der Waals surface area contributed by atoms with E-state index in [-0.39, 0.29) is 11.5 Å². The Hall–Kier alpha value is -1.41. The smallest absolute Gasteiger partial charge is 0.0664 e. The second-order valence-electron chi connectivity index (χ2n) is 10.2. The first kappa shape index (κ1) is 17.7. The summed E-state index contributed by atoms with van der Waals surface area (Å²) in [7, 11) is 0. The Bertz CT molecular complexity index is 796. The van der Waals surface area contributed by atoms with Crippen LogP contribution in [0, 0.1) is 34.5 Å². The normalized spacial score (nSPS) is 46.0. The average molecular weight is 364 g/mol. The van der Waals surface area contributed by atoms with Gasteiger partial charge in [0.1, 0.15) is 0 Å². The van der Waals surface area contributed by atoms with Gasteiger partial charge in [0.05, 0.1) is 11.8 Å². The molecule has 7 atom stereocenters. The van der Waals surface area contributed by atoms with Crippen molar-refractivity contribution in [2.24, 2.45) is 34.5 Å². The number of pyridine rings is 1. The van der Waals surface area contributed by atoms with Crippen LogP contribution in [0.5, 0.6) is 0 Å². The van der Waals surface area contributed by atoms with Crippen molar-refractivity contribution in [3.05, 3.63) is 47.8 Å². The zero-order chi connectivity index (χ0) is 18.8. The highest BCUT2D eigenvalue weighted by Gasteiger charge is 2.58. The highest BCUT2D eigenvalue weighted by molar-refractivity contribution is 5.70. The number of aromatic nitrogens is 1. The molecule has 144 valence electrons. The van der Waals surface area contributed by atoms with Crippen LogP contribution in [0.1, 0.15) is 65.0 Å². The molecule has 2 nitrogen and oxygen atoms in total. The van der Waals surface area contributed by atoms with Gasteiger partial charge in [0.25, 0.3) is 0 Å². The predicted molar refractivity (Wildman–Crippen MR) is 110 cm³/mol. The molecule has 0 aromatic carbocycles. The van der Waals surface area contributed by atoms with Crippen molar-refractivity contribution in [2.45, 2.75) is 65.4 Å². The Kier molecular flexibility index (Phi) is 3.95. The third kappa shape index (κ3) is 2.45. The fourth-order valence-electron chi connectivity index (χ4n) is 7.49. The molecule has 0 unspecified atom stereocenters. The van der Waals surface area contributed by atoms with Gasteiger partial charge in [0.15, 0.2) is 0 Å².